The van der Waals surface area contributed by atoms with E-state index in [0.717, 1.165) is 31.3 Å². The van der Waals surface area contributed by atoms with Crippen LogP contribution in [-0.4, -0.2) is 67.9 Å². The predicted molar refractivity (Wildman–Crippen MR) is 202 cm³/mol. The summed E-state index contributed by atoms with van der Waals surface area (Å²) >= 11 is 0. The van der Waals surface area contributed by atoms with Crippen LogP contribution in [0.4, 0.5) is 0 Å². The summed E-state index contributed by atoms with van der Waals surface area (Å²) in [5.41, 5.74) is 1.68. The molecule has 1 N–H and O–H groups in total. The Labute approximate surface area is 305 Å². The molecule has 1 saturated carbocycles. The number of allylic oxidation sites excluding steroid dienone is 4. The molecule has 0 amide bonds. The molecular formula is C42H70O7Si. The van der Waals surface area contributed by atoms with Crippen LogP contribution in [0.2, 0.25) is 16.6 Å². The number of rotatable bonds is 6. The van der Waals surface area contributed by atoms with Crippen molar-refractivity contribution < 1.29 is 33.3 Å². The van der Waals surface area contributed by atoms with E-state index in [1.165, 1.54) is 5.57 Å². The molecule has 1 aliphatic carbocycles. The lowest BCUT2D eigenvalue weighted by molar-refractivity contribution is -0.340. The molecule has 11 atom stereocenters. The zero-order valence-corrected chi connectivity index (χ0v) is 34.4. The SMILES string of the molecule is C/C1=C\C[C@@H]2C[C@@H](CC3(CC[C@H](C)[C@@H](C(C)C)O3)O2)OC(=O)[C@@H]2C[C@H](C)[C@H](O[Si](C(C)C)(C(C)C)C(C)C)[C@H]3OC/C(=C\C=C\[C@H](C)C1)[C@]32O. The first-order chi connectivity index (χ1) is 23.4. The molecule has 284 valence electrons. The average Bonchev–Trinajstić information content (AvgIpc) is 3.36. The van der Waals surface area contributed by atoms with Crippen LogP contribution in [0.1, 0.15) is 128 Å². The van der Waals surface area contributed by atoms with Gasteiger partial charge in [0.15, 0.2) is 5.79 Å². The molecule has 0 aromatic heterocycles. The maximum atomic E-state index is 14.6. The fourth-order valence-electron chi connectivity index (χ4n) is 10.7. The first-order valence-corrected chi connectivity index (χ1v) is 22.2. The first-order valence-electron chi connectivity index (χ1n) is 20.0. The van der Waals surface area contributed by atoms with Crippen molar-refractivity contribution >= 4 is 14.3 Å². The van der Waals surface area contributed by atoms with Crippen molar-refractivity contribution in [2.24, 2.45) is 29.6 Å². The summed E-state index contributed by atoms with van der Waals surface area (Å²) in [7, 11) is -2.33. The molecule has 2 bridgehead atoms. The molecule has 8 heteroatoms. The highest BCUT2D eigenvalue weighted by molar-refractivity contribution is 6.77. The number of hydrogen-bond acceptors (Lipinski definition) is 7. The molecule has 0 aromatic rings. The van der Waals surface area contributed by atoms with E-state index in [-0.39, 0.29) is 42.9 Å². The van der Waals surface area contributed by atoms with Crippen LogP contribution in [0.5, 0.6) is 0 Å². The van der Waals surface area contributed by atoms with E-state index in [0.29, 0.717) is 53.6 Å². The molecule has 7 nitrogen and oxygen atoms in total. The largest absolute Gasteiger partial charge is 0.462 e. The van der Waals surface area contributed by atoms with Crippen molar-refractivity contribution in [1.29, 1.82) is 0 Å². The second kappa shape index (κ2) is 15.6. The quantitative estimate of drug-likeness (QED) is 0.167. The second-order valence-electron chi connectivity index (χ2n) is 18.3. The van der Waals surface area contributed by atoms with E-state index < -0.39 is 31.7 Å². The van der Waals surface area contributed by atoms with Crippen LogP contribution in [0, 0.1) is 29.6 Å². The van der Waals surface area contributed by atoms with Crippen LogP contribution in [0.15, 0.2) is 35.5 Å². The zero-order valence-electron chi connectivity index (χ0n) is 33.4. The van der Waals surface area contributed by atoms with E-state index in [1.54, 1.807) is 0 Å². The van der Waals surface area contributed by atoms with Crippen molar-refractivity contribution in [3.05, 3.63) is 35.5 Å². The fourth-order valence-corrected chi connectivity index (χ4v) is 16.3. The Morgan fingerprint density at radius 2 is 1.62 bits per heavy atom. The lowest BCUT2D eigenvalue weighted by Gasteiger charge is -2.53. The van der Waals surface area contributed by atoms with Crippen molar-refractivity contribution in [3.8, 4) is 0 Å². The highest BCUT2D eigenvalue weighted by Crippen LogP contribution is 2.53. The molecule has 50 heavy (non-hydrogen) atoms. The standard InChI is InChI=1S/C42H70O7Si/c1-25(2)37-31(11)18-19-41(48-37)23-35-22-34(47-41)17-16-30(10)20-29(9)14-13-15-33-24-45-39-38(49-50(26(3)4,27(5)6)28(7)8)32(12)21-36(40(43)46-35)42(33,39)44/h13-16,25-29,31-32,34-39,44H,17-24H2,1-12H3/b14-13+,30-16+,33-15+/t29-,31-,32-,34+,35-,36-,37+,38-,39+,41?,42+/m0/s1. The lowest BCUT2D eigenvalue weighted by Crippen LogP contribution is -2.64. The number of aliphatic hydroxyl groups is 1. The summed E-state index contributed by atoms with van der Waals surface area (Å²) in [6.07, 6.45) is 12.2. The molecule has 4 aliphatic heterocycles. The number of ether oxygens (including phenoxy) is 4. The molecule has 1 spiro atoms. The van der Waals surface area contributed by atoms with Gasteiger partial charge in [0.2, 0.25) is 8.32 Å². The highest BCUT2D eigenvalue weighted by Gasteiger charge is 2.64. The van der Waals surface area contributed by atoms with E-state index in [1.807, 2.05) is 12.2 Å². The summed E-state index contributed by atoms with van der Waals surface area (Å²) < 4.78 is 34.3. The third kappa shape index (κ3) is 7.68. The molecule has 5 rings (SSSR count). The van der Waals surface area contributed by atoms with Gasteiger partial charge in [0.05, 0.1) is 30.8 Å². The Bertz CT molecular complexity index is 1260. The monoisotopic (exact) mass is 714 g/mol. The van der Waals surface area contributed by atoms with Crippen LogP contribution < -0.4 is 0 Å². The van der Waals surface area contributed by atoms with Crippen molar-refractivity contribution in [2.45, 2.75) is 187 Å². The highest BCUT2D eigenvalue weighted by atomic mass is 28.4. The van der Waals surface area contributed by atoms with Gasteiger partial charge in [0, 0.05) is 19.3 Å². The normalized spacial score (nSPS) is 43.1. The van der Waals surface area contributed by atoms with Gasteiger partial charge in [0.1, 0.15) is 17.8 Å². The van der Waals surface area contributed by atoms with Gasteiger partial charge in [-0.3, -0.25) is 4.79 Å². The van der Waals surface area contributed by atoms with Crippen LogP contribution in [0.25, 0.3) is 0 Å². The van der Waals surface area contributed by atoms with Crippen molar-refractivity contribution in [1.82, 2.24) is 0 Å². The molecule has 1 unspecified atom stereocenters. The second-order valence-corrected chi connectivity index (χ2v) is 23.7. The van der Waals surface area contributed by atoms with E-state index in [9.17, 15) is 9.90 Å². The topological polar surface area (TPSA) is 83.5 Å². The lowest BCUT2D eigenvalue weighted by atomic mass is 9.66. The number of esters is 1. The maximum absolute atomic E-state index is 14.6. The molecule has 3 saturated heterocycles. The third-order valence-corrected chi connectivity index (χ3v) is 19.2. The maximum Gasteiger partial charge on any atom is 0.312 e. The summed E-state index contributed by atoms with van der Waals surface area (Å²) in [5, 5.41) is 13.0. The molecule has 4 heterocycles. The van der Waals surface area contributed by atoms with E-state index in [4.69, 9.17) is 23.4 Å². The van der Waals surface area contributed by atoms with Gasteiger partial charge in [-0.1, -0.05) is 106 Å². The van der Waals surface area contributed by atoms with Crippen LogP contribution in [0.3, 0.4) is 0 Å². The van der Waals surface area contributed by atoms with Crippen molar-refractivity contribution in [3.63, 3.8) is 0 Å². The van der Waals surface area contributed by atoms with Gasteiger partial charge >= 0.3 is 5.97 Å². The van der Waals surface area contributed by atoms with Gasteiger partial charge in [0.25, 0.3) is 0 Å². The molecular weight excluding hydrogens is 645 g/mol. The molecule has 5 aliphatic rings. The number of carbonyl (C=O) groups is 1. The summed E-state index contributed by atoms with van der Waals surface area (Å²) in [6, 6.07) is 0. The fraction of sp³-hybridized carbons (Fsp3) is 0.833. The smallest absolute Gasteiger partial charge is 0.312 e. The van der Waals surface area contributed by atoms with Crippen molar-refractivity contribution in [2.75, 3.05) is 6.61 Å². The Morgan fingerprint density at radius 1 is 0.940 bits per heavy atom. The minimum absolute atomic E-state index is 0.00156. The summed E-state index contributed by atoms with van der Waals surface area (Å²) in [4.78, 5) is 14.6. The van der Waals surface area contributed by atoms with Crippen LogP contribution in [-0.2, 0) is 28.2 Å². The summed E-state index contributed by atoms with van der Waals surface area (Å²) in [5.74, 6) is -0.790. The van der Waals surface area contributed by atoms with E-state index >= 15 is 0 Å². The van der Waals surface area contributed by atoms with Gasteiger partial charge < -0.3 is 28.5 Å². The number of fused-ring (bicyclic) bond motifs is 2. The Hall–Kier alpha value is -1.29. The van der Waals surface area contributed by atoms with Gasteiger partial charge in [-0.05, 0) is 78.5 Å². The Morgan fingerprint density at radius 3 is 2.26 bits per heavy atom. The molecule has 0 aromatic carbocycles. The Balaban J connectivity index is 1.53. The van der Waals surface area contributed by atoms with Crippen LogP contribution >= 0.6 is 0 Å². The molecule has 0 radical (unpaired) electrons. The minimum Gasteiger partial charge on any atom is -0.462 e. The zero-order chi connectivity index (χ0) is 36.8. The molecule has 4 fully saturated rings. The van der Waals surface area contributed by atoms with Gasteiger partial charge in [-0.15, -0.1) is 0 Å². The number of carbonyl (C=O) groups excluding carboxylic acids is 1. The predicted octanol–water partition coefficient (Wildman–Crippen LogP) is 9.45. The summed E-state index contributed by atoms with van der Waals surface area (Å²) in [6.45, 7) is 27.3. The van der Waals surface area contributed by atoms with E-state index in [2.05, 4.69) is 95.2 Å². The minimum atomic E-state index is -2.33. The van der Waals surface area contributed by atoms with Gasteiger partial charge in [-0.2, -0.15) is 0 Å². The third-order valence-electron chi connectivity index (χ3n) is 13.1. The van der Waals surface area contributed by atoms with Gasteiger partial charge in [-0.25, -0.2) is 0 Å². The number of hydrogen-bond donors (Lipinski definition) is 1. The average molecular weight is 715 g/mol. The Kier molecular flexibility index (Phi) is 12.4. The first kappa shape index (κ1) is 39.9.